The molecule has 1 aromatic rings. The van der Waals surface area contributed by atoms with Crippen molar-refractivity contribution in [1.29, 1.82) is 0 Å². The Labute approximate surface area is 65.1 Å². The fourth-order valence-corrected chi connectivity index (χ4v) is 0.776. The maximum Gasteiger partial charge on any atom is 0.162 e. The Morgan fingerprint density at radius 3 is 2.73 bits per heavy atom. The van der Waals surface area contributed by atoms with Crippen LogP contribution >= 0.6 is 0 Å². The second kappa shape index (κ2) is 4.10. The number of nitrogens with zero attached hydrogens (tertiary/aromatic N) is 1. The van der Waals surface area contributed by atoms with E-state index in [1.165, 1.54) is 6.26 Å². The minimum absolute atomic E-state index is 0.236. The van der Waals surface area contributed by atoms with Crippen molar-refractivity contribution in [2.24, 2.45) is 0 Å². The summed E-state index contributed by atoms with van der Waals surface area (Å²) in [7, 11) is 3.18. The third-order valence-electron chi connectivity index (χ3n) is 1.39. The molecule has 1 aromatic heterocycles. The van der Waals surface area contributed by atoms with Crippen LogP contribution < -0.4 is 0 Å². The predicted octanol–water partition coefficient (Wildman–Crippen LogP) is 0.836. The van der Waals surface area contributed by atoms with Crippen LogP contribution in [0.2, 0.25) is 0 Å². The van der Waals surface area contributed by atoms with E-state index in [0.717, 1.165) is 5.69 Å². The van der Waals surface area contributed by atoms with Gasteiger partial charge in [-0.25, -0.2) is 0 Å². The number of methoxy groups -OCH3 is 2. The largest absolute Gasteiger partial charge is 0.365 e. The van der Waals surface area contributed by atoms with Gasteiger partial charge in [0.1, 0.15) is 6.26 Å². The molecule has 11 heavy (non-hydrogen) atoms. The lowest BCUT2D eigenvalue weighted by Crippen LogP contribution is -2.16. The molecule has 0 unspecified atom stereocenters. The van der Waals surface area contributed by atoms with Crippen LogP contribution in [-0.2, 0) is 15.9 Å². The monoisotopic (exact) mass is 157 g/mol. The summed E-state index contributed by atoms with van der Waals surface area (Å²) in [5.74, 6) is 0. The van der Waals surface area contributed by atoms with Crippen molar-refractivity contribution in [1.82, 2.24) is 5.16 Å². The van der Waals surface area contributed by atoms with Gasteiger partial charge in [0, 0.05) is 26.7 Å². The van der Waals surface area contributed by atoms with Gasteiger partial charge in [-0.05, 0) is 0 Å². The first kappa shape index (κ1) is 8.23. The Morgan fingerprint density at radius 1 is 1.55 bits per heavy atom. The lowest BCUT2D eigenvalue weighted by atomic mass is 10.3. The van der Waals surface area contributed by atoms with Gasteiger partial charge in [0.05, 0.1) is 5.69 Å². The molecule has 62 valence electrons. The van der Waals surface area contributed by atoms with Crippen LogP contribution in [0.3, 0.4) is 0 Å². The summed E-state index contributed by atoms with van der Waals surface area (Å²) in [6.45, 7) is 0. The molecular formula is C7H11NO3. The van der Waals surface area contributed by atoms with Gasteiger partial charge < -0.3 is 14.0 Å². The molecule has 4 nitrogen and oxygen atoms in total. The van der Waals surface area contributed by atoms with Gasteiger partial charge in [-0.1, -0.05) is 5.16 Å². The summed E-state index contributed by atoms with van der Waals surface area (Å²) in [5, 5.41) is 3.72. The number of aromatic nitrogens is 1. The Hall–Kier alpha value is -0.870. The Bertz CT molecular complexity index is 182. The average Bonchev–Trinajstić information content (AvgIpc) is 2.52. The molecule has 0 fully saturated rings. The molecule has 0 aromatic carbocycles. The van der Waals surface area contributed by atoms with Crippen LogP contribution in [-0.4, -0.2) is 25.7 Å². The summed E-state index contributed by atoms with van der Waals surface area (Å²) in [5.41, 5.74) is 0.832. The van der Waals surface area contributed by atoms with Crippen molar-refractivity contribution in [2.45, 2.75) is 12.7 Å². The highest BCUT2D eigenvalue weighted by atomic mass is 16.7. The third kappa shape index (κ3) is 2.32. The fourth-order valence-electron chi connectivity index (χ4n) is 0.776. The molecule has 0 spiro atoms. The summed E-state index contributed by atoms with van der Waals surface area (Å²) >= 11 is 0. The second-order valence-electron chi connectivity index (χ2n) is 2.10. The molecule has 0 aliphatic carbocycles. The van der Waals surface area contributed by atoms with E-state index in [-0.39, 0.29) is 6.29 Å². The molecule has 1 rings (SSSR count). The molecule has 0 radical (unpaired) electrons. The topological polar surface area (TPSA) is 44.5 Å². The predicted molar refractivity (Wildman–Crippen MR) is 38.0 cm³/mol. The maximum atomic E-state index is 4.97. The zero-order valence-corrected chi connectivity index (χ0v) is 6.61. The van der Waals surface area contributed by atoms with Gasteiger partial charge in [0.25, 0.3) is 0 Å². The van der Waals surface area contributed by atoms with Crippen molar-refractivity contribution in [3.05, 3.63) is 18.0 Å². The van der Waals surface area contributed by atoms with Crippen molar-refractivity contribution in [3.63, 3.8) is 0 Å². The van der Waals surface area contributed by atoms with Crippen LogP contribution in [0.4, 0.5) is 0 Å². The Kier molecular flexibility index (Phi) is 3.07. The number of ether oxygens (including phenoxy) is 2. The van der Waals surface area contributed by atoms with Crippen LogP contribution in [0.15, 0.2) is 16.9 Å². The highest BCUT2D eigenvalue weighted by Crippen LogP contribution is 2.02. The summed E-state index contributed by atoms with van der Waals surface area (Å²) in [6.07, 6.45) is 1.90. The molecule has 0 N–H and O–H groups in total. The highest BCUT2D eigenvalue weighted by molar-refractivity contribution is 4.95. The van der Waals surface area contributed by atoms with Gasteiger partial charge in [-0.15, -0.1) is 0 Å². The first-order chi connectivity index (χ1) is 5.36. The normalized spacial score (nSPS) is 10.8. The first-order valence-electron chi connectivity index (χ1n) is 3.31. The van der Waals surface area contributed by atoms with Crippen LogP contribution in [0.5, 0.6) is 0 Å². The molecule has 0 amide bonds. The Morgan fingerprint density at radius 2 is 2.27 bits per heavy atom. The summed E-state index contributed by atoms with van der Waals surface area (Å²) < 4.78 is 14.6. The third-order valence-corrected chi connectivity index (χ3v) is 1.39. The van der Waals surface area contributed by atoms with Crippen molar-refractivity contribution < 1.29 is 14.0 Å². The smallest absolute Gasteiger partial charge is 0.162 e. The molecule has 1 heterocycles. The van der Waals surface area contributed by atoms with Crippen molar-refractivity contribution in [2.75, 3.05) is 14.2 Å². The summed E-state index contributed by atoms with van der Waals surface area (Å²) in [4.78, 5) is 0. The van der Waals surface area contributed by atoms with Crippen LogP contribution in [0.1, 0.15) is 5.69 Å². The molecule has 0 saturated carbocycles. The first-order valence-corrected chi connectivity index (χ1v) is 3.31. The second-order valence-corrected chi connectivity index (χ2v) is 2.10. The molecule has 0 bridgehead atoms. The summed E-state index contributed by atoms with van der Waals surface area (Å²) in [6, 6.07) is 1.78. The zero-order chi connectivity index (χ0) is 8.10. The van der Waals surface area contributed by atoms with Crippen molar-refractivity contribution >= 4 is 0 Å². The number of rotatable bonds is 4. The molecule has 0 aliphatic heterocycles. The van der Waals surface area contributed by atoms with E-state index >= 15 is 0 Å². The SMILES string of the molecule is COC(Cc1ccon1)OC. The zero-order valence-electron chi connectivity index (χ0n) is 6.61. The maximum absolute atomic E-state index is 4.97. The van der Waals surface area contributed by atoms with Crippen LogP contribution in [0, 0.1) is 0 Å². The minimum atomic E-state index is -0.236. The molecule has 4 heteroatoms. The average molecular weight is 157 g/mol. The highest BCUT2D eigenvalue weighted by Gasteiger charge is 2.07. The van der Waals surface area contributed by atoms with E-state index in [1.807, 2.05) is 0 Å². The van der Waals surface area contributed by atoms with E-state index < -0.39 is 0 Å². The lowest BCUT2D eigenvalue weighted by Gasteiger charge is -2.10. The van der Waals surface area contributed by atoms with E-state index in [4.69, 9.17) is 9.47 Å². The van der Waals surface area contributed by atoms with E-state index in [1.54, 1.807) is 20.3 Å². The molecule has 0 saturated heterocycles. The van der Waals surface area contributed by atoms with Crippen molar-refractivity contribution in [3.8, 4) is 0 Å². The lowest BCUT2D eigenvalue weighted by molar-refractivity contribution is -0.101. The standard InChI is InChI=1S/C7H11NO3/c1-9-7(10-2)5-6-3-4-11-8-6/h3-4,7H,5H2,1-2H3. The van der Waals surface area contributed by atoms with Gasteiger partial charge in [-0.3, -0.25) is 0 Å². The van der Waals surface area contributed by atoms with E-state index in [9.17, 15) is 0 Å². The van der Waals surface area contributed by atoms with E-state index in [0.29, 0.717) is 6.42 Å². The molecule has 0 atom stereocenters. The van der Waals surface area contributed by atoms with Gasteiger partial charge in [0.15, 0.2) is 6.29 Å². The fraction of sp³-hybridized carbons (Fsp3) is 0.571. The Balaban J connectivity index is 2.41. The molecule has 0 aliphatic rings. The number of hydrogen-bond donors (Lipinski definition) is 0. The van der Waals surface area contributed by atoms with Crippen LogP contribution in [0.25, 0.3) is 0 Å². The number of hydrogen-bond acceptors (Lipinski definition) is 4. The minimum Gasteiger partial charge on any atom is -0.365 e. The van der Waals surface area contributed by atoms with E-state index in [2.05, 4.69) is 9.68 Å². The van der Waals surface area contributed by atoms with Gasteiger partial charge in [0.2, 0.25) is 0 Å². The quantitative estimate of drug-likeness (QED) is 0.607. The van der Waals surface area contributed by atoms with Gasteiger partial charge in [-0.2, -0.15) is 0 Å². The molecular weight excluding hydrogens is 146 g/mol. The van der Waals surface area contributed by atoms with Gasteiger partial charge >= 0.3 is 0 Å².